The van der Waals surface area contributed by atoms with Crippen LogP contribution >= 0.6 is 0 Å². The number of benzene rings is 4. The summed E-state index contributed by atoms with van der Waals surface area (Å²) < 4.78 is 0. The Kier molecular flexibility index (Phi) is 16.1. The molecule has 1 aliphatic carbocycles. The number of hydrogen-bond donors (Lipinski definition) is 0. The van der Waals surface area contributed by atoms with Crippen LogP contribution in [0.15, 0.2) is 109 Å². The first-order valence-corrected chi connectivity index (χ1v) is 24.2. The van der Waals surface area contributed by atoms with Crippen LogP contribution in [0.1, 0.15) is 101 Å². The van der Waals surface area contributed by atoms with Crippen molar-refractivity contribution in [2.24, 2.45) is 0 Å². The molecule has 1 unspecified atom stereocenters. The molecule has 6 aromatic carbocycles. The topological polar surface area (TPSA) is 0 Å². The molecular formula is C46H54Cl2SiZr-2. The van der Waals surface area contributed by atoms with Crippen LogP contribution in [-0.4, -0.2) is 5.43 Å². The van der Waals surface area contributed by atoms with E-state index < -0.39 is 0 Å². The second-order valence-electron chi connectivity index (χ2n) is 15.2. The summed E-state index contributed by atoms with van der Waals surface area (Å²) in [5, 5.41) is 5.52. The minimum absolute atomic E-state index is 0. The third-order valence-corrected chi connectivity index (χ3v) is 9.96. The molecule has 7 rings (SSSR count). The molecule has 1 saturated carbocycles. The monoisotopic (exact) mass is 794 g/mol. The summed E-state index contributed by atoms with van der Waals surface area (Å²) in [4.78, 5) is 0. The van der Waals surface area contributed by atoms with Gasteiger partial charge in [0, 0.05) is 0 Å². The zero-order valence-corrected chi connectivity index (χ0v) is 36.3. The Hall–Kier alpha value is -2.22. The fourth-order valence-electron chi connectivity index (χ4n) is 7.02. The van der Waals surface area contributed by atoms with Crippen LogP contribution < -0.4 is 24.8 Å². The molecule has 262 valence electrons. The van der Waals surface area contributed by atoms with Gasteiger partial charge in [-0.1, -0.05) is 126 Å². The SMILES string of the molecule is CC(C)(C)c1ccc(-c2cccc3[cH-]c(C4CCCC4)cc23)cc1.CCC(C)c1ccc(-c2cccc3[cH-]c(C)cc23)cc1.C[Si](C)=[Zr+2].[Cl-].[Cl-]. The second kappa shape index (κ2) is 19.0. The molecule has 1 aliphatic rings. The quantitative estimate of drug-likeness (QED) is 0.123. The van der Waals surface area contributed by atoms with Crippen molar-refractivity contribution in [3.05, 3.63) is 131 Å². The Morgan fingerprint density at radius 3 is 1.72 bits per heavy atom. The molecule has 0 N–H and O–H groups in total. The predicted molar refractivity (Wildman–Crippen MR) is 211 cm³/mol. The smallest absolute Gasteiger partial charge is 1.00 e. The maximum Gasteiger partial charge on any atom is -1.00 e. The Morgan fingerprint density at radius 2 is 1.22 bits per heavy atom. The average Bonchev–Trinajstić information content (AvgIpc) is 3.83. The van der Waals surface area contributed by atoms with Gasteiger partial charge in [0.1, 0.15) is 0 Å². The second-order valence-corrected chi connectivity index (χ2v) is 24.6. The Bertz CT molecular complexity index is 1940. The molecule has 0 amide bonds. The minimum atomic E-state index is 0. The van der Waals surface area contributed by atoms with Gasteiger partial charge in [0.2, 0.25) is 0 Å². The predicted octanol–water partition coefficient (Wildman–Crippen LogP) is 8.02. The molecule has 0 aromatic heterocycles. The molecule has 6 aromatic rings. The fraction of sp³-hybridized carbons (Fsp3) is 0.348. The van der Waals surface area contributed by atoms with Gasteiger partial charge in [0.05, 0.1) is 0 Å². The summed E-state index contributed by atoms with van der Waals surface area (Å²) in [5.41, 5.74) is 11.5. The third-order valence-electron chi connectivity index (χ3n) is 9.96. The number of halogens is 2. The van der Waals surface area contributed by atoms with E-state index in [9.17, 15) is 0 Å². The van der Waals surface area contributed by atoms with E-state index in [1.165, 1.54) is 92.6 Å². The summed E-state index contributed by atoms with van der Waals surface area (Å²) >= 11 is 1.74. The zero-order chi connectivity index (χ0) is 34.4. The van der Waals surface area contributed by atoms with Crippen molar-refractivity contribution >= 4 is 27.0 Å². The molecule has 0 spiro atoms. The van der Waals surface area contributed by atoms with Gasteiger partial charge in [0.25, 0.3) is 0 Å². The van der Waals surface area contributed by atoms with Gasteiger partial charge in [0.15, 0.2) is 0 Å². The third kappa shape index (κ3) is 10.7. The van der Waals surface area contributed by atoms with Crippen molar-refractivity contribution in [1.82, 2.24) is 0 Å². The molecule has 50 heavy (non-hydrogen) atoms. The molecule has 0 radical (unpaired) electrons. The summed E-state index contributed by atoms with van der Waals surface area (Å²) in [7, 11) is 0. The van der Waals surface area contributed by atoms with Crippen LogP contribution in [0.4, 0.5) is 0 Å². The van der Waals surface area contributed by atoms with E-state index in [1.807, 2.05) is 0 Å². The van der Waals surface area contributed by atoms with Crippen LogP contribution in [0, 0.1) is 6.92 Å². The van der Waals surface area contributed by atoms with Crippen molar-refractivity contribution in [3.8, 4) is 22.3 Å². The maximum absolute atomic E-state index is 2.46. The standard InChI is InChI=1S/C24H27.C20H21.C2H6Si.2ClH.Zr/c1-24(2,3)21-13-11-18(12-14-21)22-10-6-9-19-15-20(16-23(19)22)17-7-4-5-8-17;1-4-15(3)16-8-10-17(11-9-16)19-7-5-6-18-12-14(2)13-20(18)19;1-3-2;;;/h6,9-17H,4-5,7-8H2,1-3H3;5-13,15H,4H2,1-3H3;1-2H3;2*1H;/q2*-1;;;;+2/p-2. The number of hydrogen-bond acceptors (Lipinski definition) is 0. The Morgan fingerprint density at radius 1 is 0.740 bits per heavy atom. The average molecular weight is 797 g/mol. The van der Waals surface area contributed by atoms with Crippen LogP contribution in [0.25, 0.3) is 43.8 Å². The molecule has 1 atom stereocenters. The van der Waals surface area contributed by atoms with Gasteiger partial charge < -0.3 is 24.8 Å². The van der Waals surface area contributed by atoms with Gasteiger partial charge in [-0.25, -0.2) is 0 Å². The maximum atomic E-state index is 2.46. The van der Waals surface area contributed by atoms with Crippen LogP contribution in [-0.2, 0) is 28.8 Å². The summed E-state index contributed by atoms with van der Waals surface area (Å²) in [6, 6.07) is 41.0. The van der Waals surface area contributed by atoms with Gasteiger partial charge in [-0.05, 0) is 58.8 Å². The van der Waals surface area contributed by atoms with Gasteiger partial charge >= 0.3 is 41.9 Å². The van der Waals surface area contributed by atoms with Crippen molar-refractivity contribution in [2.45, 2.75) is 104 Å². The molecule has 0 saturated heterocycles. The van der Waals surface area contributed by atoms with Gasteiger partial charge in [-0.15, -0.1) is 69.1 Å². The van der Waals surface area contributed by atoms with Crippen LogP contribution in [0.5, 0.6) is 0 Å². The largest absolute Gasteiger partial charge is 1.00 e. The molecule has 0 heterocycles. The van der Waals surface area contributed by atoms with Crippen molar-refractivity contribution < 1.29 is 48.1 Å². The zero-order valence-electron chi connectivity index (χ0n) is 31.3. The first-order valence-electron chi connectivity index (χ1n) is 18.0. The van der Waals surface area contributed by atoms with E-state index in [4.69, 9.17) is 0 Å². The molecule has 1 fully saturated rings. The van der Waals surface area contributed by atoms with Crippen molar-refractivity contribution in [3.63, 3.8) is 0 Å². The number of fused-ring (bicyclic) bond motifs is 2. The van der Waals surface area contributed by atoms with E-state index >= 15 is 0 Å². The van der Waals surface area contributed by atoms with E-state index in [2.05, 4.69) is 164 Å². The molecule has 0 nitrogen and oxygen atoms in total. The van der Waals surface area contributed by atoms with E-state index in [1.54, 1.807) is 28.9 Å². The van der Waals surface area contributed by atoms with Gasteiger partial charge in [-0.2, -0.15) is 12.1 Å². The Balaban J connectivity index is 0.000000239. The van der Waals surface area contributed by atoms with Crippen LogP contribution in [0.2, 0.25) is 13.1 Å². The molecule has 4 heteroatoms. The van der Waals surface area contributed by atoms with Crippen molar-refractivity contribution in [1.29, 1.82) is 0 Å². The van der Waals surface area contributed by atoms with E-state index in [-0.39, 0.29) is 35.7 Å². The molecule has 0 aliphatic heterocycles. The first-order chi connectivity index (χ1) is 22.9. The molecular weight excluding hydrogens is 743 g/mol. The summed E-state index contributed by atoms with van der Waals surface area (Å²) in [6.45, 7) is 18.1. The van der Waals surface area contributed by atoms with Crippen LogP contribution in [0.3, 0.4) is 0 Å². The molecule has 0 bridgehead atoms. The number of rotatable bonds is 5. The Labute approximate surface area is 330 Å². The fourth-order valence-corrected chi connectivity index (χ4v) is 7.02. The summed E-state index contributed by atoms with van der Waals surface area (Å²) in [5.74, 6) is 1.43. The van der Waals surface area contributed by atoms with Crippen molar-refractivity contribution in [2.75, 3.05) is 0 Å². The minimum Gasteiger partial charge on any atom is -1.00 e. The van der Waals surface area contributed by atoms with E-state index in [0.29, 0.717) is 5.92 Å². The normalized spacial score (nSPS) is 13.4. The van der Waals surface area contributed by atoms with Gasteiger partial charge in [-0.3, -0.25) is 0 Å². The van der Waals surface area contributed by atoms with E-state index in [0.717, 1.165) is 5.92 Å². The first kappa shape index (κ1) is 42.2. The number of aryl methyl sites for hydroxylation is 1. The summed E-state index contributed by atoms with van der Waals surface area (Å²) in [6.07, 6.45) is 6.72.